The van der Waals surface area contributed by atoms with Gasteiger partial charge in [-0.1, -0.05) is 84.8 Å². The fourth-order valence-electron chi connectivity index (χ4n) is 7.07. The van der Waals surface area contributed by atoms with Crippen molar-refractivity contribution in [3.63, 3.8) is 0 Å². The summed E-state index contributed by atoms with van der Waals surface area (Å²) in [4.78, 5) is 0. The molecular weight excluding hydrogens is 576 g/mol. The molecule has 0 radical (unpaired) electrons. The maximum Gasteiger partial charge on any atom is 0.200 e. The van der Waals surface area contributed by atoms with Crippen LogP contribution in [0.15, 0.2) is 24.3 Å². The van der Waals surface area contributed by atoms with Gasteiger partial charge in [0.05, 0.1) is 13.2 Å². The van der Waals surface area contributed by atoms with Crippen LogP contribution in [0.2, 0.25) is 0 Å². The number of halogens is 4. The molecule has 2 aliphatic carbocycles. The molecule has 2 saturated carbocycles. The quantitative estimate of drug-likeness (QED) is 0.143. The molecule has 0 spiro atoms. The van der Waals surface area contributed by atoms with E-state index in [9.17, 15) is 17.6 Å². The van der Waals surface area contributed by atoms with Gasteiger partial charge in [0.25, 0.3) is 0 Å². The molecule has 0 heterocycles. The zero-order chi connectivity index (χ0) is 32.6. The van der Waals surface area contributed by atoms with Crippen LogP contribution in [0, 0.1) is 35.1 Å². The van der Waals surface area contributed by atoms with Crippen LogP contribution in [0.3, 0.4) is 0 Å². The molecular formula is C39H58F4O2. The number of unbranched alkanes of at least 4 members (excludes halogenated alkanes) is 4. The van der Waals surface area contributed by atoms with E-state index in [0.717, 1.165) is 102 Å². The summed E-state index contributed by atoms with van der Waals surface area (Å²) >= 11 is 0. The normalized spacial score (nSPS) is 21.6. The average molecular weight is 635 g/mol. The first-order valence-corrected chi connectivity index (χ1v) is 18.1. The Bertz CT molecular complexity index is 1120. The molecule has 0 bridgehead atoms. The number of rotatable bonds is 15. The van der Waals surface area contributed by atoms with E-state index >= 15 is 0 Å². The fourth-order valence-corrected chi connectivity index (χ4v) is 7.07. The molecule has 0 amide bonds. The van der Waals surface area contributed by atoms with Crippen LogP contribution in [0.5, 0.6) is 11.5 Å². The lowest BCUT2D eigenvalue weighted by molar-refractivity contribution is 0.281. The summed E-state index contributed by atoms with van der Waals surface area (Å²) in [6.07, 6.45) is 18.0. The van der Waals surface area contributed by atoms with E-state index < -0.39 is 23.3 Å². The van der Waals surface area contributed by atoms with Gasteiger partial charge in [0.1, 0.15) is 0 Å². The summed E-state index contributed by atoms with van der Waals surface area (Å²) in [7, 11) is 0. The fraction of sp³-hybridized carbons (Fsp3) is 0.692. The second-order valence-electron chi connectivity index (χ2n) is 13.3. The minimum atomic E-state index is -0.813. The third kappa shape index (κ3) is 11.2. The zero-order valence-corrected chi connectivity index (χ0v) is 28.4. The zero-order valence-electron chi connectivity index (χ0n) is 28.4. The smallest absolute Gasteiger partial charge is 0.200 e. The SMILES string of the molecule is CCCCCOc1ccc(C2CCC(CC)CC2)c(F)c1F.CCCCCOc1ccc(C2CCC(CCC)CC2)c(F)c1F. The van der Waals surface area contributed by atoms with E-state index in [-0.39, 0.29) is 23.3 Å². The molecule has 6 heteroatoms. The standard InChI is InChI=1S/C20H30F2O.C19H28F2O/c1-3-5-6-14-23-18-13-12-17(19(21)20(18)22)16-10-8-15(7-4-2)9-11-16;1-3-5-6-13-22-17-12-11-16(18(20)19(17)21)15-9-7-14(4-2)8-10-15/h12-13,15-16H,3-11,14H2,1-2H3;11-12,14-15H,3-10,13H2,1-2H3. The highest BCUT2D eigenvalue weighted by molar-refractivity contribution is 5.34. The summed E-state index contributed by atoms with van der Waals surface area (Å²) in [5, 5.41) is 0. The molecule has 2 fully saturated rings. The minimum absolute atomic E-state index is 0.0552. The summed E-state index contributed by atoms with van der Waals surface area (Å²) < 4.78 is 67.9. The lowest BCUT2D eigenvalue weighted by Gasteiger charge is -2.29. The molecule has 2 aromatic carbocycles. The Morgan fingerprint density at radius 3 is 1.31 bits per heavy atom. The van der Waals surface area contributed by atoms with Crippen molar-refractivity contribution in [3.05, 3.63) is 58.7 Å². The van der Waals surface area contributed by atoms with Gasteiger partial charge in [-0.25, -0.2) is 8.78 Å². The molecule has 0 aromatic heterocycles. The van der Waals surface area contributed by atoms with Crippen molar-refractivity contribution in [3.8, 4) is 11.5 Å². The lowest BCUT2D eigenvalue weighted by Crippen LogP contribution is -2.15. The molecule has 0 atom stereocenters. The Labute approximate surface area is 270 Å². The van der Waals surface area contributed by atoms with Crippen LogP contribution >= 0.6 is 0 Å². The molecule has 2 aliphatic rings. The Balaban J connectivity index is 0.000000246. The van der Waals surface area contributed by atoms with Gasteiger partial charge >= 0.3 is 0 Å². The van der Waals surface area contributed by atoms with Gasteiger partial charge < -0.3 is 9.47 Å². The van der Waals surface area contributed by atoms with Gasteiger partial charge in [0.15, 0.2) is 23.1 Å². The van der Waals surface area contributed by atoms with Gasteiger partial charge in [-0.05, 0) is 111 Å². The van der Waals surface area contributed by atoms with E-state index in [1.807, 2.05) is 0 Å². The van der Waals surface area contributed by atoms with Gasteiger partial charge in [-0.2, -0.15) is 8.78 Å². The first-order chi connectivity index (χ1) is 21.8. The number of ether oxygens (including phenoxy) is 2. The van der Waals surface area contributed by atoms with Crippen LogP contribution in [0.1, 0.15) is 160 Å². The van der Waals surface area contributed by atoms with Crippen molar-refractivity contribution in [2.45, 2.75) is 149 Å². The average Bonchev–Trinajstić information content (AvgIpc) is 3.06. The molecule has 2 nitrogen and oxygen atoms in total. The van der Waals surface area contributed by atoms with Crippen LogP contribution < -0.4 is 9.47 Å². The second kappa shape index (κ2) is 20.1. The van der Waals surface area contributed by atoms with Gasteiger partial charge in [0.2, 0.25) is 11.6 Å². The van der Waals surface area contributed by atoms with Crippen molar-refractivity contribution in [2.24, 2.45) is 11.8 Å². The maximum absolute atomic E-state index is 14.4. The topological polar surface area (TPSA) is 18.5 Å². The number of hydrogen-bond donors (Lipinski definition) is 0. The largest absolute Gasteiger partial charge is 0.490 e. The predicted molar refractivity (Wildman–Crippen MR) is 177 cm³/mol. The highest BCUT2D eigenvalue weighted by atomic mass is 19.2. The maximum atomic E-state index is 14.4. The predicted octanol–water partition coefficient (Wildman–Crippen LogP) is 12.8. The molecule has 0 N–H and O–H groups in total. The monoisotopic (exact) mass is 634 g/mol. The van der Waals surface area contributed by atoms with Gasteiger partial charge in [-0.3, -0.25) is 0 Å². The van der Waals surface area contributed by atoms with Crippen LogP contribution in [-0.2, 0) is 0 Å². The van der Waals surface area contributed by atoms with Crippen molar-refractivity contribution in [1.29, 1.82) is 0 Å². The van der Waals surface area contributed by atoms with Crippen LogP contribution in [-0.4, -0.2) is 13.2 Å². The number of benzene rings is 2. The summed E-state index contributed by atoms with van der Waals surface area (Å²) in [6, 6.07) is 6.67. The molecule has 0 unspecified atom stereocenters. The van der Waals surface area contributed by atoms with Crippen molar-refractivity contribution < 1.29 is 27.0 Å². The first kappa shape index (κ1) is 37.2. The first-order valence-electron chi connectivity index (χ1n) is 18.1. The Morgan fingerprint density at radius 1 is 0.511 bits per heavy atom. The Morgan fingerprint density at radius 2 is 0.933 bits per heavy atom. The van der Waals surface area contributed by atoms with E-state index in [1.165, 1.54) is 19.3 Å². The lowest BCUT2D eigenvalue weighted by atomic mass is 9.77. The van der Waals surface area contributed by atoms with Crippen LogP contribution in [0.25, 0.3) is 0 Å². The third-order valence-corrected chi connectivity index (χ3v) is 10.0. The van der Waals surface area contributed by atoms with Crippen LogP contribution in [0.4, 0.5) is 17.6 Å². The van der Waals surface area contributed by atoms with Crippen molar-refractivity contribution in [2.75, 3.05) is 13.2 Å². The summed E-state index contributed by atoms with van der Waals surface area (Å²) in [6.45, 7) is 9.51. The van der Waals surface area contributed by atoms with E-state index in [1.54, 1.807) is 24.3 Å². The highest BCUT2D eigenvalue weighted by Crippen LogP contribution is 2.41. The van der Waals surface area contributed by atoms with Crippen molar-refractivity contribution >= 4 is 0 Å². The number of hydrogen-bond acceptors (Lipinski definition) is 2. The molecule has 0 aliphatic heterocycles. The summed E-state index contributed by atoms with van der Waals surface area (Å²) in [5.41, 5.74) is 1.08. The second-order valence-corrected chi connectivity index (χ2v) is 13.3. The minimum Gasteiger partial charge on any atom is -0.490 e. The third-order valence-electron chi connectivity index (χ3n) is 10.0. The molecule has 45 heavy (non-hydrogen) atoms. The van der Waals surface area contributed by atoms with Crippen molar-refractivity contribution in [1.82, 2.24) is 0 Å². The molecule has 254 valence electrons. The molecule has 0 saturated heterocycles. The van der Waals surface area contributed by atoms with E-state index in [2.05, 4.69) is 27.7 Å². The molecule has 2 aromatic rings. The van der Waals surface area contributed by atoms with Gasteiger partial charge in [0, 0.05) is 0 Å². The Kier molecular flexibility index (Phi) is 16.6. The van der Waals surface area contributed by atoms with E-state index in [0.29, 0.717) is 24.3 Å². The highest BCUT2D eigenvalue weighted by Gasteiger charge is 2.27. The summed E-state index contributed by atoms with van der Waals surface area (Å²) in [5.74, 6) is -1.07. The molecule has 4 rings (SSSR count). The Hall–Kier alpha value is -2.24. The van der Waals surface area contributed by atoms with E-state index in [4.69, 9.17) is 9.47 Å². The van der Waals surface area contributed by atoms with Gasteiger partial charge in [-0.15, -0.1) is 0 Å².